The van der Waals surface area contributed by atoms with Crippen molar-refractivity contribution in [3.8, 4) is 22.6 Å². The van der Waals surface area contributed by atoms with Crippen LogP contribution >= 0.6 is 39.1 Å². The molecule has 0 amide bonds. The molecule has 1 N–H and O–H groups in total. The lowest BCUT2D eigenvalue weighted by Gasteiger charge is -2.06. The number of hydrogen-bond acceptors (Lipinski definition) is 3. The van der Waals surface area contributed by atoms with Gasteiger partial charge >= 0.3 is 0 Å². The van der Waals surface area contributed by atoms with Gasteiger partial charge in [0.15, 0.2) is 5.76 Å². The van der Waals surface area contributed by atoms with Crippen molar-refractivity contribution in [1.29, 1.82) is 0 Å². The van der Waals surface area contributed by atoms with Crippen LogP contribution in [0.5, 0.6) is 0 Å². The van der Waals surface area contributed by atoms with Gasteiger partial charge in [0.05, 0.1) is 22.2 Å². The molecular weight excluding hydrogens is 389 g/mol. The summed E-state index contributed by atoms with van der Waals surface area (Å²) < 4.78 is 6.31. The summed E-state index contributed by atoms with van der Waals surface area (Å²) >= 11 is 15.9. The maximum Gasteiger partial charge on any atom is 0.174 e. The molecule has 2 aromatic carbocycles. The number of hydrogen-bond donors (Lipinski definition) is 1. The van der Waals surface area contributed by atoms with E-state index < -0.39 is 0 Å². The summed E-state index contributed by atoms with van der Waals surface area (Å²) in [5, 5.41) is 14.8. The molecule has 0 aliphatic carbocycles. The molecule has 1 aromatic heterocycles. The van der Waals surface area contributed by atoms with Crippen LogP contribution in [0.25, 0.3) is 22.6 Å². The van der Waals surface area contributed by atoms with Crippen LogP contribution in [0.1, 0.15) is 5.56 Å². The largest absolute Gasteiger partial charge is 0.391 e. The molecule has 0 radical (unpaired) electrons. The Kier molecular flexibility index (Phi) is 4.54. The quantitative estimate of drug-likeness (QED) is 0.627. The Morgan fingerprint density at radius 2 is 1.73 bits per heavy atom. The van der Waals surface area contributed by atoms with Crippen LogP contribution in [-0.4, -0.2) is 10.3 Å². The van der Waals surface area contributed by atoms with Crippen molar-refractivity contribution in [3.05, 3.63) is 62.5 Å². The summed E-state index contributed by atoms with van der Waals surface area (Å²) in [6.45, 7) is -0.239. The number of aliphatic hydroxyl groups excluding tert-OH is 1. The van der Waals surface area contributed by atoms with Crippen molar-refractivity contribution >= 4 is 39.1 Å². The summed E-state index contributed by atoms with van der Waals surface area (Å²) in [6.07, 6.45) is 0. The van der Waals surface area contributed by atoms with Crippen molar-refractivity contribution in [1.82, 2.24) is 5.16 Å². The summed E-state index contributed by atoms with van der Waals surface area (Å²) in [5.74, 6) is 0.487. The van der Waals surface area contributed by atoms with Crippen molar-refractivity contribution in [2.75, 3.05) is 0 Å². The van der Waals surface area contributed by atoms with Crippen molar-refractivity contribution in [3.63, 3.8) is 0 Å². The predicted molar refractivity (Wildman–Crippen MR) is 91.0 cm³/mol. The molecule has 0 unspecified atom stereocenters. The zero-order valence-electron chi connectivity index (χ0n) is 11.2. The van der Waals surface area contributed by atoms with E-state index in [0.717, 1.165) is 10.0 Å². The van der Waals surface area contributed by atoms with Crippen LogP contribution in [-0.2, 0) is 6.61 Å². The lowest BCUT2D eigenvalue weighted by molar-refractivity contribution is 0.281. The molecule has 0 fully saturated rings. The van der Waals surface area contributed by atoms with Gasteiger partial charge in [-0.3, -0.25) is 0 Å². The molecule has 0 atom stereocenters. The highest BCUT2D eigenvalue weighted by atomic mass is 79.9. The fourth-order valence-corrected chi connectivity index (χ4v) is 3.27. The Morgan fingerprint density at radius 1 is 1.05 bits per heavy atom. The van der Waals surface area contributed by atoms with Crippen LogP contribution in [0.15, 0.2) is 51.5 Å². The van der Waals surface area contributed by atoms with Crippen molar-refractivity contribution in [2.45, 2.75) is 6.61 Å². The maximum absolute atomic E-state index is 9.78. The summed E-state index contributed by atoms with van der Waals surface area (Å²) in [5.41, 5.74) is 2.34. The number of rotatable bonds is 3. The first-order valence-corrected chi connectivity index (χ1v) is 7.97. The molecule has 3 nitrogen and oxygen atoms in total. The number of nitrogens with zero attached hydrogens (tertiary/aromatic N) is 1. The topological polar surface area (TPSA) is 46.3 Å². The average molecular weight is 399 g/mol. The van der Waals surface area contributed by atoms with Gasteiger partial charge in [-0.15, -0.1) is 0 Å². The monoisotopic (exact) mass is 397 g/mol. The van der Waals surface area contributed by atoms with E-state index in [1.807, 2.05) is 24.3 Å². The Morgan fingerprint density at radius 3 is 2.36 bits per heavy atom. The van der Waals surface area contributed by atoms with Gasteiger partial charge in [-0.2, -0.15) is 0 Å². The molecule has 22 heavy (non-hydrogen) atoms. The Bertz CT molecular complexity index is 813. The van der Waals surface area contributed by atoms with Crippen molar-refractivity contribution < 1.29 is 9.63 Å². The minimum atomic E-state index is -0.239. The highest BCUT2D eigenvalue weighted by molar-refractivity contribution is 9.10. The molecule has 1 heterocycles. The lowest BCUT2D eigenvalue weighted by Crippen LogP contribution is -1.91. The summed E-state index contributed by atoms with van der Waals surface area (Å²) in [7, 11) is 0. The molecule has 6 heteroatoms. The minimum absolute atomic E-state index is 0.239. The molecule has 3 aromatic rings. The van der Waals surface area contributed by atoms with E-state index in [0.29, 0.717) is 32.6 Å². The minimum Gasteiger partial charge on any atom is -0.391 e. The van der Waals surface area contributed by atoms with Gasteiger partial charge in [-0.25, -0.2) is 0 Å². The average Bonchev–Trinajstić information content (AvgIpc) is 2.91. The molecule has 3 rings (SSSR count). The molecular formula is C16H10BrCl2NO2. The maximum atomic E-state index is 9.78. The SMILES string of the molecule is OCc1c(-c2c(Cl)cccc2Cl)noc1-c1ccccc1Br. The molecule has 0 saturated carbocycles. The van der Waals surface area contributed by atoms with Gasteiger partial charge in [0, 0.05) is 15.6 Å². The molecule has 112 valence electrons. The third-order valence-corrected chi connectivity index (χ3v) is 4.59. The first-order chi connectivity index (χ1) is 10.6. The predicted octanol–water partition coefficient (Wildman–Crippen LogP) is 5.57. The van der Waals surface area contributed by atoms with E-state index in [4.69, 9.17) is 27.7 Å². The van der Waals surface area contributed by atoms with E-state index in [9.17, 15) is 5.11 Å². The van der Waals surface area contributed by atoms with Gasteiger partial charge in [0.1, 0.15) is 5.69 Å². The summed E-state index contributed by atoms with van der Waals surface area (Å²) in [4.78, 5) is 0. The summed E-state index contributed by atoms with van der Waals surface area (Å²) in [6, 6.07) is 12.7. The lowest BCUT2D eigenvalue weighted by atomic mass is 10.0. The normalized spacial score (nSPS) is 10.9. The number of benzene rings is 2. The highest BCUT2D eigenvalue weighted by Crippen LogP contribution is 2.40. The van der Waals surface area contributed by atoms with Crippen LogP contribution in [0, 0.1) is 0 Å². The van der Waals surface area contributed by atoms with Crippen LogP contribution in [0.3, 0.4) is 0 Å². The Labute approximate surface area is 145 Å². The van der Waals surface area contributed by atoms with Crippen LogP contribution < -0.4 is 0 Å². The highest BCUT2D eigenvalue weighted by Gasteiger charge is 2.22. The second-order valence-corrected chi connectivity index (χ2v) is 6.24. The van der Waals surface area contributed by atoms with Crippen molar-refractivity contribution in [2.24, 2.45) is 0 Å². The number of aromatic nitrogens is 1. The molecule has 0 aliphatic rings. The third-order valence-electron chi connectivity index (χ3n) is 3.26. The standard InChI is InChI=1S/C16H10BrCl2NO2/c17-11-5-2-1-4-9(11)16-10(8-21)15(20-22-16)14-12(18)6-3-7-13(14)19/h1-7,21H,8H2. The zero-order chi connectivity index (χ0) is 15.7. The fourth-order valence-electron chi connectivity index (χ4n) is 2.23. The van der Waals surface area contributed by atoms with Gasteiger partial charge in [-0.1, -0.05) is 62.5 Å². The molecule has 0 bridgehead atoms. The smallest absolute Gasteiger partial charge is 0.174 e. The van der Waals surface area contributed by atoms with Gasteiger partial charge in [0.25, 0.3) is 0 Å². The van der Waals surface area contributed by atoms with Crippen LogP contribution in [0.4, 0.5) is 0 Å². The first-order valence-electron chi connectivity index (χ1n) is 6.42. The van der Waals surface area contributed by atoms with E-state index in [1.54, 1.807) is 18.2 Å². The second kappa shape index (κ2) is 6.42. The van der Waals surface area contributed by atoms with E-state index >= 15 is 0 Å². The first kappa shape index (κ1) is 15.6. The van der Waals surface area contributed by atoms with Gasteiger partial charge in [0.2, 0.25) is 0 Å². The number of halogens is 3. The van der Waals surface area contributed by atoms with E-state index in [-0.39, 0.29) is 6.61 Å². The Hall–Kier alpha value is -1.33. The molecule has 0 saturated heterocycles. The number of aliphatic hydroxyl groups is 1. The third kappa shape index (κ3) is 2.68. The zero-order valence-corrected chi connectivity index (χ0v) is 14.3. The van der Waals surface area contributed by atoms with Gasteiger partial charge < -0.3 is 9.63 Å². The molecule has 0 spiro atoms. The van der Waals surface area contributed by atoms with Gasteiger partial charge in [-0.05, 0) is 24.3 Å². The Balaban J connectivity index is 2.23. The van der Waals surface area contributed by atoms with Crippen LogP contribution in [0.2, 0.25) is 10.0 Å². The second-order valence-electron chi connectivity index (χ2n) is 4.57. The molecule has 0 aliphatic heterocycles. The van der Waals surface area contributed by atoms with E-state index in [2.05, 4.69) is 21.1 Å². The fraction of sp³-hybridized carbons (Fsp3) is 0.0625. The van der Waals surface area contributed by atoms with E-state index in [1.165, 1.54) is 0 Å².